The summed E-state index contributed by atoms with van der Waals surface area (Å²) in [6, 6.07) is 0. The number of halogens is 3. The maximum Gasteiger partial charge on any atom is 0.417 e. The molecule has 1 unspecified atom stereocenters. The number of hydrogen-bond acceptors (Lipinski definition) is 3. The Bertz CT molecular complexity index is 416. The van der Waals surface area contributed by atoms with Gasteiger partial charge in [-0.2, -0.15) is 18.3 Å². The van der Waals surface area contributed by atoms with Crippen LogP contribution in [0.25, 0.3) is 0 Å². The molecule has 0 saturated heterocycles. The molecule has 1 atom stereocenters. The molecule has 0 amide bonds. The molecule has 0 fully saturated rings. The van der Waals surface area contributed by atoms with Gasteiger partial charge in [-0.1, -0.05) is 0 Å². The molecule has 1 aromatic rings. The van der Waals surface area contributed by atoms with E-state index in [9.17, 15) is 18.0 Å². The third kappa shape index (κ3) is 2.76. The van der Waals surface area contributed by atoms with Gasteiger partial charge in [-0.25, -0.2) is 4.79 Å². The Balaban J connectivity index is 2.79. The zero-order valence-corrected chi connectivity index (χ0v) is 9.03. The minimum atomic E-state index is -4.99. The van der Waals surface area contributed by atoms with Crippen LogP contribution in [0.1, 0.15) is 12.0 Å². The minimum absolute atomic E-state index is 0.101. The van der Waals surface area contributed by atoms with Gasteiger partial charge >= 0.3 is 12.1 Å². The number of rotatable bonds is 4. The lowest BCUT2D eigenvalue weighted by atomic mass is 9.92. The van der Waals surface area contributed by atoms with Crippen LogP contribution in [-0.4, -0.2) is 32.6 Å². The molecule has 0 aliphatic heterocycles. The van der Waals surface area contributed by atoms with Crippen LogP contribution in [0.2, 0.25) is 0 Å². The molecule has 0 aliphatic carbocycles. The number of nitrogens with two attached hydrogens (primary N) is 1. The minimum Gasteiger partial charge on any atom is -0.480 e. The van der Waals surface area contributed by atoms with Crippen molar-refractivity contribution in [2.45, 2.75) is 24.6 Å². The van der Waals surface area contributed by atoms with E-state index in [-0.39, 0.29) is 6.42 Å². The van der Waals surface area contributed by atoms with E-state index >= 15 is 0 Å². The molecule has 3 N–H and O–H groups in total. The van der Waals surface area contributed by atoms with Crippen LogP contribution >= 0.6 is 0 Å². The Morgan fingerprint density at radius 2 is 2.18 bits per heavy atom. The molecule has 5 nitrogen and oxygen atoms in total. The molecule has 0 bridgehead atoms. The molecular weight excluding hydrogens is 239 g/mol. The SMILES string of the molecule is Cn1cc(CCC(N)(C(=O)O)C(F)(F)F)cn1. The normalized spacial score (nSPS) is 15.6. The van der Waals surface area contributed by atoms with Gasteiger partial charge in [-0.3, -0.25) is 4.68 Å². The molecule has 8 heteroatoms. The predicted molar refractivity (Wildman–Crippen MR) is 52.1 cm³/mol. The highest BCUT2D eigenvalue weighted by atomic mass is 19.4. The molecule has 17 heavy (non-hydrogen) atoms. The van der Waals surface area contributed by atoms with Crippen molar-refractivity contribution < 1.29 is 23.1 Å². The van der Waals surface area contributed by atoms with Gasteiger partial charge in [0.05, 0.1) is 6.20 Å². The van der Waals surface area contributed by atoms with Crippen LogP contribution in [0, 0.1) is 0 Å². The molecule has 0 spiro atoms. The highest BCUT2D eigenvalue weighted by Crippen LogP contribution is 2.32. The van der Waals surface area contributed by atoms with Gasteiger partial charge in [-0.15, -0.1) is 0 Å². The van der Waals surface area contributed by atoms with Crippen LogP contribution in [0.5, 0.6) is 0 Å². The van der Waals surface area contributed by atoms with E-state index in [4.69, 9.17) is 10.8 Å². The second-order valence-corrected chi connectivity index (χ2v) is 3.80. The van der Waals surface area contributed by atoms with Crippen molar-refractivity contribution in [2.75, 3.05) is 0 Å². The molecule has 0 radical (unpaired) electrons. The van der Waals surface area contributed by atoms with Gasteiger partial charge in [0.15, 0.2) is 0 Å². The fraction of sp³-hybridized carbons (Fsp3) is 0.556. The lowest BCUT2D eigenvalue weighted by molar-refractivity contribution is -0.203. The number of aliphatic carboxylic acids is 1. The second-order valence-electron chi connectivity index (χ2n) is 3.80. The lowest BCUT2D eigenvalue weighted by Gasteiger charge is -2.26. The van der Waals surface area contributed by atoms with Gasteiger partial charge < -0.3 is 10.8 Å². The van der Waals surface area contributed by atoms with Crippen molar-refractivity contribution in [1.82, 2.24) is 9.78 Å². The number of alkyl halides is 3. The Labute approximate surface area is 95.0 Å². The van der Waals surface area contributed by atoms with Crippen molar-refractivity contribution in [1.29, 1.82) is 0 Å². The van der Waals surface area contributed by atoms with Crippen molar-refractivity contribution in [3.05, 3.63) is 18.0 Å². The van der Waals surface area contributed by atoms with E-state index in [1.165, 1.54) is 17.1 Å². The zero-order chi connectivity index (χ0) is 13.3. The summed E-state index contributed by atoms with van der Waals surface area (Å²) < 4.78 is 39.0. The monoisotopic (exact) mass is 251 g/mol. The molecule has 1 aromatic heterocycles. The molecule has 1 rings (SSSR count). The predicted octanol–water partition coefficient (Wildman–Crippen LogP) is 0.697. The summed E-state index contributed by atoms with van der Waals surface area (Å²) in [7, 11) is 1.61. The molecule has 0 aliphatic rings. The van der Waals surface area contributed by atoms with E-state index in [0.29, 0.717) is 5.56 Å². The average molecular weight is 251 g/mol. The Kier molecular flexibility index (Phi) is 3.46. The summed E-state index contributed by atoms with van der Waals surface area (Å²) in [5.74, 6) is -2.08. The van der Waals surface area contributed by atoms with E-state index < -0.39 is 24.1 Å². The molecule has 1 heterocycles. The number of aromatic nitrogens is 2. The fourth-order valence-electron chi connectivity index (χ4n) is 1.31. The second kappa shape index (κ2) is 4.36. The topological polar surface area (TPSA) is 81.1 Å². The summed E-state index contributed by atoms with van der Waals surface area (Å²) in [4.78, 5) is 10.6. The van der Waals surface area contributed by atoms with E-state index in [1.54, 1.807) is 7.05 Å². The standard InChI is InChI=1S/C9H12F3N3O2/c1-15-5-6(4-14-15)2-3-8(13,7(16)17)9(10,11)12/h4-5H,2-3,13H2,1H3,(H,16,17). The number of aryl methyl sites for hydroxylation is 2. The van der Waals surface area contributed by atoms with Crippen molar-refractivity contribution in [2.24, 2.45) is 12.8 Å². The summed E-state index contributed by atoms with van der Waals surface area (Å²) >= 11 is 0. The molecule has 96 valence electrons. The maximum absolute atomic E-state index is 12.5. The number of hydrogen-bond donors (Lipinski definition) is 2. The first-order valence-corrected chi connectivity index (χ1v) is 4.73. The smallest absolute Gasteiger partial charge is 0.417 e. The third-order valence-electron chi connectivity index (χ3n) is 2.45. The summed E-state index contributed by atoms with van der Waals surface area (Å²) in [5.41, 5.74) is 2.21. The highest BCUT2D eigenvalue weighted by Gasteiger charge is 2.57. The zero-order valence-electron chi connectivity index (χ0n) is 9.03. The van der Waals surface area contributed by atoms with Crippen LogP contribution in [0.4, 0.5) is 13.2 Å². The Hall–Kier alpha value is -1.57. The summed E-state index contributed by atoms with van der Waals surface area (Å²) in [6.45, 7) is 0. The molecular formula is C9H12F3N3O2. The largest absolute Gasteiger partial charge is 0.480 e. The maximum atomic E-state index is 12.5. The number of carbonyl (C=O) groups is 1. The van der Waals surface area contributed by atoms with Crippen molar-refractivity contribution in [3.8, 4) is 0 Å². The van der Waals surface area contributed by atoms with E-state index in [0.717, 1.165) is 0 Å². The van der Waals surface area contributed by atoms with Gasteiger partial charge in [0.1, 0.15) is 0 Å². The van der Waals surface area contributed by atoms with Gasteiger partial charge in [-0.05, 0) is 18.4 Å². The van der Waals surface area contributed by atoms with Crippen LogP contribution < -0.4 is 5.73 Å². The van der Waals surface area contributed by atoms with Crippen LogP contribution in [-0.2, 0) is 18.3 Å². The lowest BCUT2D eigenvalue weighted by Crippen LogP contribution is -2.59. The van der Waals surface area contributed by atoms with E-state index in [1.807, 2.05) is 0 Å². The van der Waals surface area contributed by atoms with Gasteiger partial charge in [0.2, 0.25) is 5.54 Å². The quantitative estimate of drug-likeness (QED) is 0.825. The number of carboxylic acids is 1. The molecule has 0 aromatic carbocycles. The summed E-state index contributed by atoms with van der Waals surface area (Å²) in [6.07, 6.45) is -2.92. The Morgan fingerprint density at radius 3 is 2.53 bits per heavy atom. The van der Waals surface area contributed by atoms with Crippen molar-refractivity contribution in [3.63, 3.8) is 0 Å². The Morgan fingerprint density at radius 1 is 1.59 bits per heavy atom. The first-order valence-electron chi connectivity index (χ1n) is 4.73. The first kappa shape index (κ1) is 13.5. The summed E-state index contributed by atoms with van der Waals surface area (Å²) in [5, 5.41) is 12.4. The molecule has 0 saturated carbocycles. The number of nitrogens with zero attached hydrogens (tertiary/aromatic N) is 2. The van der Waals surface area contributed by atoms with E-state index in [2.05, 4.69) is 5.10 Å². The highest BCUT2D eigenvalue weighted by molar-refractivity contribution is 5.79. The van der Waals surface area contributed by atoms with Crippen LogP contribution in [0.15, 0.2) is 12.4 Å². The van der Waals surface area contributed by atoms with Crippen molar-refractivity contribution >= 4 is 5.97 Å². The fourth-order valence-corrected chi connectivity index (χ4v) is 1.31. The van der Waals surface area contributed by atoms with Gasteiger partial charge in [0.25, 0.3) is 0 Å². The third-order valence-corrected chi connectivity index (χ3v) is 2.45. The van der Waals surface area contributed by atoms with Crippen LogP contribution in [0.3, 0.4) is 0 Å². The first-order chi connectivity index (χ1) is 7.67. The number of carboxylic acid groups (broad SMARTS) is 1. The van der Waals surface area contributed by atoms with Gasteiger partial charge in [0, 0.05) is 13.2 Å². The average Bonchev–Trinajstić information content (AvgIpc) is 2.58.